The molecule has 0 aliphatic heterocycles. The summed E-state index contributed by atoms with van der Waals surface area (Å²) in [5.41, 5.74) is 5.44. The van der Waals surface area contributed by atoms with Crippen LogP contribution in [-0.2, 0) is 0 Å². The minimum atomic E-state index is -0.597. The summed E-state index contributed by atoms with van der Waals surface area (Å²) in [6, 6.07) is 2.28. The molecule has 88 valence electrons. The minimum Gasteiger partial charge on any atom is -0.314 e. The standard InChI is InChI=1S/C14H22N2/c1-14(16,8-15)7-13-11-3-9-2-10(5-11)6-12(13)4-9/h9-13H,2-7,16H2,1H3. The van der Waals surface area contributed by atoms with Crippen LogP contribution in [0.25, 0.3) is 0 Å². The first-order valence-electron chi connectivity index (χ1n) is 6.77. The maximum Gasteiger partial charge on any atom is 0.101 e. The fraction of sp³-hybridized carbons (Fsp3) is 0.929. The highest BCUT2D eigenvalue weighted by Crippen LogP contribution is 2.57. The first-order chi connectivity index (χ1) is 7.57. The van der Waals surface area contributed by atoms with Crippen molar-refractivity contribution in [2.45, 2.75) is 51.0 Å². The number of hydrogen-bond acceptors (Lipinski definition) is 2. The minimum absolute atomic E-state index is 0.597. The van der Waals surface area contributed by atoms with Gasteiger partial charge in [0.25, 0.3) is 0 Å². The Morgan fingerprint density at radius 2 is 1.62 bits per heavy atom. The second-order valence-corrected chi connectivity index (χ2v) is 6.83. The van der Waals surface area contributed by atoms with Crippen LogP contribution in [0.15, 0.2) is 0 Å². The third kappa shape index (κ3) is 1.66. The molecule has 4 aliphatic carbocycles. The average Bonchev–Trinajstić information content (AvgIpc) is 2.22. The molecule has 0 heterocycles. The second kappa shape index (κ2) is 3.47. The van der Waals surface area contributed by atoms with E-state index in [-0.39, 0.29) is 0 Å². The van der Waals surface area contributed by atoms with Crippen molar-refractivity contribution in [3.8, 4) is 6.07 Å². The van der Waals surface area contributed by atoms with Gasteiger partial charge in [-0.1, -0.05) is 0 Å². The molecular formula is C14H22N2. The van der Waals surface area contributed by atoms with E-state index in [0.29, 0.717) is 0 Å². The van der Waals surface area contributed by atoms with Crippen molar-refractivity contribution in [1.29, 1.82) is 5.26 Å². The van der Waals surface area contributed by atoms with Crippen LogP contribution in [0.3, 0.4) is 0 Å². The van der Waals surface area contributed by atoms with E-state index in [0.717, 1.165) is 36.0 Å². The zero-order valence-corrected chi connectivity index (χ0v) is 10.2. The normalized spacial score (nSPS) is 48.7. The van der Waals surface area contributed by atoms with Crippen molar-refractivity contribution in [2.24, 2.45) is 35.3 Å². The van der Waals surface area contributed by atoms with Gasteiger partial charge < -0.3 is 5.73 Å². The van der Waals surface area contributed by atoms with Gasteiger partial charge in [0.15, 0.2) is 0 Å². The van der Waals surface area contributed by atoms with Crippen LogP contribution in [0.4, 0.5) is 0 Å². The van der Waals surface area contributed by atoms with E-state index in [9.17, 15) is 0 Å². The van der Waals surface area contributed by atoms with Crippen molar-refractivity contribution >= 4 is 0 Å². The molecule has 4 saturated carbocycles. The van der Waals surface area contributed by atoms with Crippen molar-refractivity contribution in [2.75, 3.05) is 0 Å². The maximum absolute atomic E-state index is 9.07. The molecule has 1 unspecified atom stereocenters. The predicted octanol–water partition coefficient (Wildman–Crippen LogP) is 2.69. The van der Waals surface area contributed by atoms with Crippen molar-refractivity contribution in [3.63, 3.8) is 0 Å². The second-order valence-electron chi connectivity index (χ2n) is 6.83. The molecule has 4 aliphatic rings. The molecule has 2 nitrogen and oxygen atoms in total. The summed E-state index contributed by atoms with van der Waals surface area (Å²) in [5.74, 6) is 4.58. The van der Waals surface area contributed by atoms with Crippen molar-refractivity contribution < 1.29 is 0 Å². The Kier molecular flexibility index (Phi) is 2.30. The number of nitrogens with zero attached hydrogens (tertiary/aromatic N) is 1. The highest BCUT2D eigenvalue weighted by molar-refractivity contribution is 5.06. The van der Waals surface area contributed by atoms with Gasteiger partial charge >= 0.3 is 0 Å². The molecule has 0 aromatic rings. The van der Waals surface area contributed by atoms with Crippen LogP contribution in [0.1, 0.15) is 45.4 Å². The SMILES string of the molecule is CC(N)(C#N)CC1C2CC3CC(C2)CC1C3. The predicted molar refractivity (Wildman–Crippen MR) is 63.4 cm³/mol. The van der Waals surface area contributed by atoms with E-state index >= 15 is 0 Å². The number of rotatable bonds is 2. The highest BCUT2D eigenvalue weighted by Gasteiger charge is 2.49. The molecule has 1 atom stereocenters. The number of nitriles is 1. The van der Waals surface area contributed by atoms with E-state index in [1.54, 1.807) is 0 Å². The molecule has 2 heteroatoms. The topological polar surface area (TPSA) is 49.8 Å². The van der Waals surface area contributed by atoms with Crippen LogP contribution < -0.4 is 5.73 Å². The Morgan fingerprint density at radius 3 is 2.06 bits per heavy atom. The van der Waals surface area contributed by atoms with Gasteiger partial charge in [-0.2, -0.15) is 5.26 Å². The molecule has 0 saturated heterocycles. The molecule has 0 amide bonds. The summed E-state index contributed by atoms with van der Waals surface area (Å²) in [5, 5.41) is 9.07. The summed E-state index contributed by atoms with van der Waals surface area (Å²) in [7, 11) is 0. The largest absolute Gasteiger partial charge is 0.314 e. The molecule has 2 N–H and O–H groups in total. The van der Waals surface area contributed by atoms with Gasteiger partial charge in [0, 0.05) is 0 Å². The van der Waals surface area contributed by atoms with Crippen LogP contribution in [0, 0.1) is 40.9 Å². The first-order valence-corrected chi connectivity index (χ1v) is 6.77. The Labute approximate surface area is 98.2 Å². The zero-order chi connectivity index (χ0) is 11.3. The molecule has 4 fully saturated rings. The fourth-order valence-corrected chi connectivity index (χ4v) is 4.91. The van der Waals surface area contributed by atoms with Gasteiger partial charge in [-0.25, -0.2) is 0 Å². The Morgan fingerprint density at radius 1 is 1.12 bits per heavy atom. The van der Waals surface area contributed by atoms with Gasteiger partial charge in [-0.05, 0) is 75.0 Å². The van der Waals surface area contributed by atoms with Gasteiger partial charge in [0.2, 0.25) is 0 Å². The lowest BCUT2D eigenvalue weighted by molar-refractivity contribution is -0.0442. The van der Waals surface area contributed by atoms with E-state index in [1.165, 1.54) is 32.1 Å². The van der Waals surface area contributed by atoms with Crippen molar-refractivity contribution in [1.82, 2.24) is 0 Å². The first kappa shape index (κ1) is 10.6. The molecule has 0 aromatic carbocycles. The van der Waals surface area contributed by atoms with E-state index < -0.39 is 5.54 Å². The monoisotopic (exact) mass is 218 g/mol. The Hall–Kier alpha value is -0.550. The number of nitrogens with two attached hydrogens (primary N) is 1. The van der Waals surface area contributed by atoms with Gasteiger partial charge in [0.1, 0.15) is 5.54 Å². The van der Waals surface area contributed by atoms with Crippen molar-refractivity contribution in [3.05, 3.63) is 0 Å². The quantitative estimate of drug-likeness (QED) is 0.774. The van der Waals surface area contributed by atoms with Crippen LogP contribution in [0.2, 0.25) is 0 Å². The van der Waals surface area contributed by atoms with Crippen LogP contribution in [-0.4, -0.2) is 5.54 Å². The van der Waals surface area contributed by atoms with E-state index in [1.807, 2.05) is 6.92 Å². The molecular weight excluding hydrogens is 196 g/mol. The smallest absolute Gasteiger partial charge is 0.101 e. The average molecular weight is 218 g/mol. The van der Waals surface area contributed by atoms with E-state index in [2.05, 4.69) is 6.07 Å². The number of hydrogen-bond donors (Lipinski definition) is 1. The Bertz CT molecular complexity index is 298. The summed E-state index contributed by atoms with van der Waals surface area (Å²) in [6.07, 6.45) is 8.15. The van der Waals surface area contributed by atoms with Gasteiger partial charge in [-0.15, -0.1) is 0 Å². The molecule has 4 bridgehead atoms. The van der Waals surface area contributed by atoms with E-state index in [4.69, 9.17) is 11.0 Å². The third-order valence-electron chi connectivity index (χ3n) is 5.34. The lowest BCUT2D eigenvalue weighted by Crippen LogP contribution is -2.49. The summed E-state index contributed by atoms with van der Waals surface area (Å²) in [6.45, 7) is 1.90. The summed E-state index contributed by atoms with van der Waals surface area (Å²) in [4.78, 5) is 0. The maximum atomic E-state index is 9.07. The fourth-order valence-electron chi connectivity index (χ4n) is 4.91. The summed E-state index contributed by atoms with van der Waals surface area (Å²) >= 11 is 0. The zero-order valence-electron chi connectivity index (χ0n) is 10.2. The lowest BCUT2D eigenvalue weighted by atomic mass is 9.50. The lowest BCUT2D eigenvalue weighted by Gasteiger charge is -2.55. The van der Waals surface area contributed by atoms with Gasteiger partial charge in [0.05, 0.1) is 6.07 Å². The highest BCUT2D eigenvalue weighted by atomic mass is 14.7. The molecule has 16 heavy (non-hydrogen) atoms. The Balaban J connectivity index is 1.75. The van der Waals surface area contributed by atoms with Gasteiger partial charge in [-0.3, -0.25) is 0 Å². The third-order valence-corrected chi connectivity index (χ3v) is 5.34. The molecule has 4 rings (SSSR count). The molecule has 0 radical (unpaired) electrons. The molecule has 0 spiro atoms. The van der Waals surface area contributed by atoms with Crippen LogP contribution >= 0.6 is 0 Å². The molecule has 0 aromatic heterocycles. The summed E-state index contributed by atoms with van der Waals surface area (Å²) < 4.78 is 0. The van der Waals surface area contributed by atoms with Crippen LogP contribution in [0.5, 0.6) is 0 Å².